The molecular formula is C18H26N4OS2. The predicted octanol–water partition coefficient (Wildman–Crippen LogP) is 3.53. The molecule has 2 aromatic heterocycles. The lowest BCUT2D eigenvalue weighted by molar-refractivity contribution is 0.135. The van der Waals surface area contributed by atoms with Gasteiger partial charge in [0.05, 0.1) is 12.2 Å². The van der Waals surface area contributed by atoms with E-state index in [2.05, 4.69) is 58.9 Å². The van der Waals surface area contributed by atoms with E-state index in [0.717, 1.165) is 43.4 Å². The Labute approximate surface area is 157 Å². The van der Waals surface area contributed by atoms with Gasteiger partial charge >= 0.3 is 6.03 Å². The Morgan fingerprint density at radius 1 is 1.24 bits per heavy atom. The molecule has 0 saturated carbocycles. The van der Waals surface area contributed by atoms with Gasteiger partial charge in [-0.1, -0.05) is 26.8 Å². The molecule has 0 bridgehead atoms. The van der Waals surface area contributed by atoms with Crippen molar-refractivity contribution in [2.45, 2.75) is 39.3 Å². The van der Waals surface area contributed by atoms with Crippen molar-refractivity contribution >= 4 is 28.7 Å². The zero-order valence-electron chi connectivity index (χ0n) is 15.1. The highest BCUT2D eigenvalue weighted by molar-refractivity contribution is 7.10. The number of carbonyl (C=O) groups is 1. The molecule has 0 radical (unpaired) electrons. The van der Waals surface area contributed by atoms with E-state index in [1.165, 1.54) is 4.88 Å². The molecule has 3 heterocycles. The maximum absolute atomic E-state index is 12.4. The number of carbonyl (C=O) groups excluding carboxylic acids is 1. The molecule has 0 unspecified atom stereocenters. The number of hydrogen-bond donors (Lipinski definition) is 1. The van der Waals surface area contributed by atoms with Crippen LogP contribution in [0, 0.1) is 0 Å². The second-order valence-electron chi connectivity index (χ2n) is 7.38. The molecular weight excluding hydrogens is 352 g/mol. The highest BCUT2D eigenvalue weighted by atomic mass is 32.1. The summed E-state index contributed by atoms with van der Waals surface area (Å²) in [7, 11) is 0. The zero-order valence-corrected chi connectivity index (χ0v) is 16.8. The van der Waals surface area contributed by atoms with Crippen molar-refractivity contribution in [3.8, 4) is 0 Å². The summed E-state index contributed by atoms with van der Waals surface area (Å²) in [4.78, 5) is 22.7. The van der Waals surface area contributed by atoms with Crippen molar-refractivity contribution in [3.63, 3.8) is 0 Å². The van der Waals surface area contributed by atoms with Crippen molar-refractivity contribution in [2.24, 2.45) is 0 Å². The van der Waals surface area contributed by atoms with Gasteiger partial charge in [-0.05, 0) is 11.4 Å². The van der Waals surface area contributed by atoms with E-state index in [4.69, 9.17) is 0 Å². The van der Waals surface area contributed by atoms with Crippen molar-refractivity contribution in [1.29, 1.82) is 0 Å². The van der Waals surface area contributed by atoms with Crippen LogP contribution in [-0.4, -0.2) is 47.0 Å². The molecule has 7 heteroatoms. The van der Waals surface area contributed by atoms with Gasteiger partial charge in [0.1, 0.15) is 5.01 Å². The molecule has 25 heavy (non-hydrogen) atoms. The average Bonchev–Trinajstić information content (AvgIpc) is 3.24. The van der Waals surface area contributed by atoms with Gasteiger partial charge in [0.25, 0.3) is 0 Å². The van der Waals surface area contributed by atoms with Gasteiger partial charge in [0.2, 0.25) is 0 Å². The van der Waals surface area contributed by atoms with Crippen LogP contribution in [0.25, 0.3) is 0 Å². The summed E-state index contributed by atoms with van der Waals surface area (Å²) in [5.74, 6) is 0. The third kappa shape index (κ3) is 5.03. The Kier molecular flexibility index (Phi) is 5.76. The van der Waals surface area contributed by atoms with Gasteiger partial charge in [0.15, 0.2) is 0 Å². The van der Waals surface area contributed by atoms with Crippen LogP contribution in [0.15, 0.2) is 22.9 Å². The number of piperazine rings is 1. The number of nitrogens with zero attached hydrogens (tertiary/aromatic N) is 3. The van der Waals surface area contributed by atoms with E-state index in [-0.39, 0.29) is 11.4 Å². The number of nitrogens with one attached hydrogen (secondary N) is 1. The SMILES string of the molecule is CC(C)(C)c1csc(CNC(=O)N2CCN(Cc3cccs3)CC2)n1. The molecule has 0 aromatic carbocycles. The topological polar surface area (TPSA) is 48.5 Å². The van der Waals surface area contributed by atoms with Crippen LogP contribution in [0.2, 0.25) is 0 Å². The molecule has 1 aliphatic rings. The second kappa shape index (κ2) is 7.85. The third-order valence-electron chi connectivity index (χ3n) is 4.33. The van der Waals surface area contributed by atoms with Crippen LogP contribution in [0.3, 0.4) is 0 Å². The van der Waals surface area contributed by atoms with Crippen LogP contribution in [0.4, 0.5) is 4.79 Å². The summed E-state index contributed by atoms with van der Waals surface area (Å²) in [5.41, 5.74) is 1.14. The van der Waals surface area contributed by atoms with Gasteiger partial charge in [-0.15, -0.1) is 22.7 Å². The molecule has 1 aliphatic heterocycles. The first-order valence-electron chi connectivity index (χ1n) is 8.64. The van der Waals surface area contributed by atoms with E-state index in [1.807, 2.05) is 4.90 Å². The maximum atomic E-state index is 12.4. The highest BCUT2D eigenvalue weighted by Crippen LogP contribution is 2.23. The number of aromatic nitrogens is 1. The molecule has 5 nitrogen and oxygen atoms in total. The Morgan fingerprint density at radius 3 is 2.60 bits per heavy atom. The molecule has 1 fully saturated rings. The summed E-state index contributed by atoms with van der Waals surface area (Å²) in [6.45, 7) is 11.4. The van der Waals surface area contributed by atoms with Gasteiger partial charge < -0.3 is 10.2 Å². The molecule has 1 N–H and O–H groups in total. The summed E-state index contributed by atoms with van der Waals surface area (Å²) in [6.07, 6.45) is 0. The quantitative estimate of drug-likeness (QED) is 0.885. The monoisotopic (exact) mass is 378 g/mol. The standard InChI is InChI=1S/C18H26N4OS2/c1-18(2,3)15-13-25-16(20-15)11-19-17(23)22-8-6-21(7-9-22)12-14-5-4-10-24-14/h4-5,10,13H,6-9,11-12H2,1-3H3,(H,19,23). The largest absolute Gasteiger partial charge is 0.331 e. The lowest BCUT2D eigenvalue weighted by Crippen LogP contribution is -2.51. The van der Waals surface area contributed by atoms with E-state index in [9.17, 15) is 4.79 Å². The molecule has 136 valence electrons. The normalized spacial score (nSPS) is 16.2. The first-order chi connectivity index (χ1) is 11.9. The fourth-order valence-electron chi connectivity index (χ4n) is 2.73. The van der Waals surface area contributed by atoms with Crippen molar-refractivity contribution < 1.29 is 4.79 Å². The van der Waals surface area contributed by atoms with Crippen LogP contribution in [0.1, 0.15) is 36.3 Å². The smallest absolute Gasteiger partial charge is 0.317 e. The van der Waals surface area contributed by atoms with E-state index in [0.29, 0.717) is 6.54 Å². The third-order valence-corrected chi connectivity index (χ3v) is 6.04. The molecule has 2 amide bonds. The first-order valence-corrected chi connectivity index (χ1v) is 10.4. The minimum absolute atomic E-state index is 0.0169. The number of hydrogen-bond acceptors (Lipinski definition) is 5. The van der Waals surface area contributed by atoms with E-state index < -0.39 is 0 Å². The molecule has 0 spiro atoms. The lowest BCUT2D eigenvalue weighted by atomic mass is 9.93. The van der Waals surface area contributed by atoms with Crippen LogP contribution >= 0.6 is 22.7 Å². The fraction of sp³-hybridized carbons (Fsp3) is 0.556. The number of thiophene rings is 1. The minimum atomic E-state index is 0.0169. The van der Waals surface area contributed by atoms with Gasteiger partial charge in [-0.3, -0.25) is 4.90 Å². The zero-order chi connectivity index (χ0) is 17.9. The van der Waals surface area contributed by atoms with Crippen LogP contribution in [0.5, 0.6) is 0 Å². The van der Waals surface area contributed by atoms with E-state index >= 15 is 0 Å². The Bertz CT molecular complexity index is 682. The maximum Gasteiger partial charge on any atom is 0.317 e. The number of urea groups is 1. The predicted molar refractivity (Wildman–Crippen MR) is 104 cm³/mol. The van der Waals surface area contributed by atoms with Crippen molar-refractivity contribution in [3.05, 3.63) is 38.5 Å². The fourth-order valence-corrected chi connectivity index (χ4v) is 4.44. The summed E-state index contributed by atoms with van der Waals surface area (Å²) < 4.78 is 0. The first kappa shape index (κ1) is 18.4. The molecule has 3 rings (SSSR count). The molecule has 0 atom stereocenters. The van der Waals surface area contributed by atoms with Gasteiger partial charge in [-0.25, -0.2) is 9.78 Å². The van der Waals surface area contributed by atoms with Crippen molar-refractivity contribution in [1.82, 2.24) is 20.1 Å². The van der Waals surface area contributed by atoms with Crippen molar-refractivity contribution in [2.75, 3.05) is 26.2 Å². The average molecular weight is 379 g/mol. The minimum Gasteiger partial charge on any atom is -0.331 e. The Morgan fingerprint density at radius 2 is 2.00 bits per heavy atom. The molecule has 2 aromatic rings. The van der Waals surface area contributed by atoms with Gasteiger partial charge in [-0.2, -0.15) is 0 Å². The van der Waals surface area contributed by atoms with Gasteiger partial charge in [0, 0.05) is 48.4 Å². The Hall–Kier alpha value is -1.44. The van der Waals surface area contributed by atoms with Crippen LogP contribution < -0.4 is 5.32 Å². The summed E-state index contributed by atoms with van der Waals surface area (Å²) >= 11 is 3.41. The lowest BCUT2D eigenvalue weighted by Gasteiger charge is -2.34. The number of rotatable bonds is 4. The number of thiazole rings is 1. The number of amides is 2. The van der Waals surface area contributed by atoms with E-state index in [1.54, 1.807) is 22.7 Å². The molecule has 1 saturated heterocycles. The highest BCUT2D eigenvalue weighted by Gasteiger charge is 2.22. The second-order valence-corrected chi connectivity index (χ2v) is 9.35. The Balaban J connectivity index is 1.43. The van der Waals surface area contributed by atoms with Crippen LogP contribution in [-0.2, 0) is 18.5 Å². The summed E-state index contributed by atoms with van der Waals surface area (Å²) in [5, 5.41) is 8.18. The molecule has 0 aliphatic carbocycles. The summed E-state index contributed by atoms with van der Waals surface area (Å²) in [6, 6.07) is 4.28.